The Labute approximate surface area is 110 Å². The maximum atomic E-state index is 11.9. The number of hydrogen-bond donors (Lipinski definition) is 2. The quantitative estimate of drug-likeness (QED) is 0.731. The van der Waals surface area contributed by atoms with Crippen molar-refractivity contribution in [1.82, 2.24) is 19.1 Å². The van der Waals surface area contributed by atoms with Gasteiger partial charge in [0.2, 0.25) is 5.95 Å². The molecule has 0 saturated carbocycles. The summed E-state index contributed by atoms with van der Waals surface area (Å²) in [5.74, 6) is 0.868. The molecular formula is C10H15N5O3S. The molecule has 0 fully saturated rings. The molecular weight excluding hydrogens is 270 g/mol. The molecule has 2 rings (SSSR count). The highest BCUT2D eigenvalue weighted by Gasteiger charge is 2.12. The van der Waals surface area contributed by atoms with Crippen LogP contribution in [0.25, 0.3) is 11.2 Å². The largest absolute Gasteiger partial charge is 0.355 e. The Morgan fingerprint density at radius 1 is 1.32 bits per heavy atom. The van der Waals surface area contributed by atoms with Gasteiger partial charge in [-0.1, -0.05) is 0 Å². The first-order valence-electron chi connectivity index (χ1n) is 5.61. The maximum absolute atomic E-state index is 11.9. The van der Waals surface area contributed by atoms with Crippen molar-refractivity contribution >= 4 is 27.9 Å². The monoisotopic (exact) mass is 285 g/mol. The summed E-state index contributed by atoms with van der Waals surface area (Å²) in [6.07, 6.45) is 1.61. The van der Waals surface area contributed by atoms with E-state index < -0.39 is 22.0 Å². The average molecular weight is 285 g/mol. The zero-order chi connectivity index (χ0) is 14.2. The molecule has 2 N–H and O–H groups in total. The number of imidazole rings is 1. The lowest BCUT2D eigenvalue weighted by Crippen LogP contribution is -2.36. The van der Waals surface area contributed by atoms with E-state index in [2.05, 4.69) is 15.3 Å². The lowest BCUT2D eigenvalue weighted by atomic mass is 10.5. The van der Waals surface area contributed by atoms with Crippen LogP contribution in [0.3, 0.4) is 0 Å². The van der Waals surface area contributed by atoms with E-state index in [1.807, 2.05) is 0 Å². The van der Waals surface area contributed by atoms with Crippen LogP contribution < -0.4 is 16.6 Å². The Morgan fingerprint density at radius 3 is 2.63 bits per heavy atom. The van der Waals surface area contributed by atoms with Crippen molar-refractivity contribution in [3.05, 3.63) is 20.8 Å². The molecule has 2 heterocycles. The van der Waals surface area contributed by atoms with Crippen LogP contribution in [0.4, 0.5) is 5.95 Å². The first kappa shape index (κ1) is 13.5. The number of fused-ring (bicyclic) bond motifs is 1. The summed E-state index contributed by atoms with van der Waals surface area (Å²) < 4.78 is 13.3. The van der Waals surface area contributed by atoms with Gasteiger partial charge in [0, 0.05) is 43.4 Å². The van der Waals surface area contributed by atoms with Crippen molar-refractivity contribution in [3.8, 4) is 0 Å². The second-order valence-corrected chi connectivity index (χ2v) is 5.75. The van der Waals surface area contributed by atoms with Gasteiger partial charge in [0.25, 0.3) is 5.56 Å². The summed E-state index contributed by atoms with van der Waals surface area (Å²) >= 11 is 0. The number of hydrogen-bond acceptors (Lipinski definition) is 5. The van der Waals surface area contributed by atoms with Crippen molar-refractivity contribution in [2.75, 3.05) is 23.9 Å². The van der Waals surface area contributed by atoms with Gasteiger partial charge < -0.3 is 10.3 Å². The van der Waals surface area contributed by atoms with Gasteiger partial charge in [0.05, 0.1) is 0 Å². The Balaban J connectivity index is 2.44. The van der Waals surface area contributed by atoms with Crippen LogP contribution in [0.5, 0.6) is 0 Å². The van der Waals surface area contributed by atoms with E-state index in [1.54, 1.807) is 13.3 Å². The summed E-state index contributed by atoms with van der Waals surface area (Å²) in [6.45, 7) is 0.469. The SMILES string of the molecule is Cn1c(=O)c2[nH]c(NCCS(C)=O)nc2n(C)c1=O. The second-order valence-electron chi connectivity index (χ2n) is 4.19. The minimum absolute atomic E-state index is 0.268. The first-order valence-corrected chi connectivity index (χ1v) is 7.34. The minimum Gasteiger partial charge on any atom is -0.355 e. The molecule has 0 amide bonds. The summed E-state index contributed by atoms with van der Waals surface area (Å²) in [7, 11) is 2.07. The van der Waals surface area contributed by atoms with Crippen LogP contribution >= 0.6 is 0 Å². The van der Waals surface area contributed by atoms with E-state index in [4.69, 9.17) is 0 Å². The van der Waals surface area contributed by atoms with Gasteiger partial charge in [-0.15, -0.1) is 0 Å². The zero-order valence-corrected chi connectivity index (χ0v) is 11.7. The standard InChI is InChI=1S/C10H15N5O3S/c1-14-7-6(8(16)15(2)10(14)17)12-9(13-7)11-4-5-19(3)18/h4-5H2,1-3H3,(H2,11,12,13). The van der Waals surface area contributed by atoms with E-state index in [9.17, 15) is 13.8 Å². The van der Waals surface area contributed by atoms with Gasteiger partial charge >= 0.3 is 5.69 Å². The molecule has 0 spiro atoms. The average Bonchev–Trinajstić information content (AvgIpc) is 2.77. The van der Waals surface area contributed by atoms with Crippen LogP contribution in [0.15, 0.2) is 9.59 Å². The molecule has 0 aliphatic carbocycles. The highest BCUT2D eigenvalue weighted by Crippen LogP contribution is 2.07. The summed E-state index contributed by atoms with van der Waals surface area (Å²) in [6, 6.07) is 0. The fourth-order valence-corrected chi connectivity index (χ4v) is 2.11. The Hall–Kier alpha value is -1.90. The molecule has 9 heteroatoms. The van der Waals surface area contributed by atoms with Crippen LogP contribution in [-0.2, 0) is 24.9 Å². The lowest BCUT2D eigenvalue weighted by Gasteiger charge is -2.00. The number of aryl methyl sites for hydroxylation is 1. The fourth-order valence-electron chi connectivity index (χ4n) is 1.72. The molecule has 8 nitrogen and oxygen atoms in total. The molecule has 19 heavy (non-hydrogen) atoms. The third kappa shape index (κ3) is 2.46. The van der Waals surface area contributed by atoms with E-state index in [-0.39, 0.29) is 5.52 Å². The molecule has 0 bridgehead atoms. The molecule has 2 aromatic heterocycles. The number of anilines is 1. The van der Waals surface area contributed by atoms with Crippen LogP contribution in [0.2, 0.25) is 0 Å². The third-order valence-electron chi connectivity index (χ3n) is 2.78. The van der Waals surface area contributed by atoms with Gasteiger partial charge in [-0.25, -0.2) is 4.79 Å². The van der Waals surface area contributed by atoms with Crippen molar-refractivity contribution in [2.45, 2.75) is 0 Å². The highest BCUT2D eigenvalue weighted by molar-refractivity contribution is 7.84. The van der Waals surface area contributed by atoms with Gasteiger partial charge in [-0.2, -0.15) is 4.98 Å². The predicted molar refractivity (Wildman–Crippen MR) is 74.0 cm³/mol. The summed E-state index contributed by atoms with van der Waals surface area (Å²) in [5.41, 5.74) is -0.277. The van der Waals surface area contributed by atoms with Crippen molar-refractivity contribution in [1.29, 1.82) is 0 Å². The Kier molecular flexibility index (Phi) is 3.56. The summed E-state index contributed by atoms with van der Waals surface area (Å²) in [5, 5.41) is 2.94. The highest BCUT2D eigenvalue weighted by atomic mass is 32.2. The van der Waals surface area contributed by atoms with Crippen molar-refractivity contribution < 1.29 is 4.21 Å². The number of aromatic nitrogens is 4. The van der Waals surface area contributed by atoms with Gasteiger partial charge in [-0.05, 0) is 0 Å². The third-order valence-corrected chi connectivity index (χ3v) is 3.56. The number of H-pyrrole nitrogens is 1. The van der Waals surface area contributed by atoms with Gasteiger partial charge in [0.15, 0.2) is 11.2 Å². The second kappa shape index (κ2) is 5.00. The zero-order valence-electron chi connectivity index (χ0n) is 10.9. The van der Waals surface area contributed by atoms with E-state index in [0.717, 1.165) is 4.57 Å². The molecule has 104 valence electrons. The molecule has 2 aromatic rings. The molecule has 0 aliphatic rings. The molecule has 0 radical (unpaired) electrons. The Morgan fingerprint density at radius 2 is 2.00 bits per heavy atom. The molecule has 0 aromatic carbocycles. The summed E-state index contributed by atoms with van der Waals surface area (Å²) in [4.78, 5) is 30.6. The molecule has 0 aliphatic heterocycles. The lowest BCUT2D eigenvalue weighted by molar-refractivity contribution is 0.687. The van der Waals surface area contributed by atoms with E-state index in [0.29, 0.717) is 23.9 Å². The molecule has 1 unspecified atom stereocenters. The molecule has 0 saturated heterocycles. The predicted octanol–water partition coefficient (Wildman–Crippen LogP) is -1.25. The van der Waals surface area contributed by atoms with E-state index in [1.165, 1.54) is 11.6 Å². The maximum Gasteiger partial charge on any atom is 0.332 e. The van der Waals surface area contributed by atoms with Gasteiger partial charge in [0.1, 0.15) is 0 Å². The normalized spacial score (nSPS) is 12.8. The number of nitrogens with one attached hydrogen (secondary N) is 2. The van der Waals surface area contributed by atoms with Crippen LogP contribution in [0.1, 0.15) is 0 Å². The smallest absolute Gasteiger partial charge is 0.332 e. The fraction of sp³-hybridized carbons (Fsp3) is 0.500. The van der Waals surface area contributed by atoms with Crippen molar-refractivity contribution in [2.24, 2.45) is 14.1 Å². The van der Waals surface area contributed by atoms with Crippen molar-refractivity contribution in [3.63, 3.8) is 0 Å². The minimum atomic E-state index is -0.898. The number of aromatic amines is 1. The van der Waals surface area contributed by atoms with Crippen LogP contribution in [-0.4, -0.2) is 41.9 Å². The van der Waals surface area contributed by atoms with Crippen LogP contribution in [0, 0.1) is 0 Å². The van der Waals surface area contributed by atoms with Gasteiger partial charge in [-0.3, -0.25) is 18.1 Å². The van der Waals surface area contributed by atoms with E-state index >= 15 is 0 Å². The number of rotatable bonds is 4. The number of nitrogens with zero attached hydrogens (tertiary/aromatic N) is 3. The topological polar surface area (TPSA) is 102 Å². The Bertz CT molecular complexity index is 757. The molecule has 1 atom stereocenters. The first-order chi connectivity index (χ1) is 8.91.